The molecular formula is C21H19N3O6. The van der Waals surface area contributed by atoms with Gasteiger partial charge in [0, 0.05) is 23.6 Å². The van der Waals surface area contributed by atoms with Gasteiger partial charge in [-0.2, -0.15) is 5.10 Å². The molecule has 0 aliphatic carbocycles. The summed E-state index contributed by atoms with van der Waals surface area (Å²) in [5.74, 6) is 0.0570. The highest BCUT2D eigenvalue weighted by molar-refractivity contribution is 5.93. The number of carbonyl (C=O) groups excluding carboxylic acids is 2. The molecule has 0 saturated carbocycles. The second-order valence-corrected chi connectivity index (χ2v) is 6.64. The fourth-order valence-corrected chi connectivity index (χ4v) is 3.08. The van der Waals surface area contributed by atoms with Crippen molar-refractivity contribution in [3.63, 3.8) is 0 Å². The molecule has 0 radical (unpaired) electrons. The number of hydrogen-bond donors (Lipinski definition) is 2. The molecule has 2 heterocycles. The van der Waals surface area contributed by atoms with Gasteiger partial charge in [0.05, 0.1) is 30.7 Å². The number of aromatic amines is 1. The van der Waals surface area contributed by atoms with Crippen molar-refractivity contribution in [1.82, 2.24) is 10.2 Å². The average molecular weight is 409 g/mol. The summed E-state index contributed by atoms with van der Waals surface area (Å²) in [4.78, 5) is 36.1. The van der Waals surface area contributed by atoms with Gasteiger partial charge in [-0.25, -0.2) is 5.10 Å². The van der Waals surface area contributed by atoms with Crippen LogP contribution in [0, 0.1) is 0 Å². The maximum absolute atomic E-state index is 12.2. The number of hydrogen-bond acceptors (Lipinski definition) is 7. The topological polar surface area (TPSA) is 120 Å². The zero-order valence-corrected chi connectivity index (χ0v) is 16.0. The van der Waals surface area contributed by atoms with Crippen LogP contribution >= 0.6 is 0 Å². The molecule has 1 aromatic heterocycles. The van der Waals surface area contributed by atoms with Crippen LogP contribution in [0.15, 0.2) is 47.3 Å². The van der Waals surface area contributed by atoms with Gasteiger partial charge in [0.25, 0.3) is 11.5 Å². The van der Waals surface area contributed by atoms with Crippen molar-refractivity contribution in [2.75, 3.05) is 25.1 Å². The molecule has 0 bridgehead atoms. The molecule has 2 N–H and O–H groups in total. The van der Waals surface area contributed by atoms with Crippen molar-refractivity contribution >= 4 is 28.3 Å². The molecule has 0 unspecified atom stereocenters. The van der Waals surface area contributed by atoms with Gasteiger partial charge < -0.3 is 19.5 Å². The fraction of sp³-hybridized carbons (Fsp3) is 0.238. The minimum Gasteiger partial charge on any atom is -0.490 e. The van der Waals surface area contributed by atoms with Gasteiger partial charge in [-0.05, 0) is 18.2 Å². The van der Waals surface area contributed by atoms with E-state index in [0.29, 0.717) is 46.9 Å². The lowest BCUT2D eigenvalue weighted by Crippen LogP contribution is -2.22. The van der Waals surface area contributed by atoms with E-state index in [-0.39, 0.29) is 12.0 Å². The quantitative estimate of drug-likeness (QED) is 0.617. The molecule has 154 valence electrons. The SMILES string of the molecule is O=C(COC(=O)Cc1n[nH]c(=O)c2ccccc12)Nc1ccc2c(c1)OCCCO2. The number of esters is 1. The Bertz CT molecular complexity index is 1160. The van der Waals surface area contributed by atoms with Crippen LogP contribution in [0.4, 0.5) is 5.69 Å². The Morgan fingerprint density at radius 3 is 2.67 bits per heavy atom. The third-order valence-corrected chi connectivity index (χ3v) is 4.48. The summed E-state index contributed by atoms with van der Waals surface area (Å²) in [6.45, 7) is 0.665. The lowest BCUT2D eigenvalue weighted by molar-refractivity contribution is -0.146. The molecule has 9 heteroatoms. The maximum Gasteiger partial charge on any atom is 0.312 e. The summed E-state index contributed by atoms with van der Waals surface area (Å²) in [5, 5.41) is 9.94. The molecule has 0 saturated heterocycles. The Hall–Kier alpha value is -3.88. The molecule has 1 aliphatic heterocycles. The number of benzene rings is 2. The van der Waals surface area contributed by atoms with E-state index in [1.807, 2.05) is 0 Å². The number of ether oxygens (including phenoxy) is 3. The van der Waals surface area contributed by atoms with E-state index >= 15 is 0 Å². The Balaban J connectivity index is 1.34. The van der Waals surface area contributed by atoms with Gasteiger partial charge in [-0.3, -0.25) is 14.4 Å². The molecule has 0 atom stereocenters. The molecule has 0 spiro atoms. The third-order valence-electron chi connectivity index (χ3n) is 4.48. The Morgan fingerprint density at radius 2 is 1.83 bits per heavy atom. The van der Waals surface area contributed by atoms with Gasteiger partial charge in [0.1, 0.15) is 0 Å². The molecular weight excluding hydrogens is 390 g/mol. The largest absolute Gasteiger partial charge is 0.490 e. The first-order chi connectivity index (χ1) is 14.6. The van der Waals surface area contributed by atoms with E-state index in [0.717, 1.165) is 6.42 Å². The summed E-state index contributed by atoms with van der Waals surface area (Å²) in [6, 6.07) is 11.9. The Kier molecular flexibility index (Phi) is 5.60. The van der Waals surface area contributed by atoms with Crippen molar-refractivity contribution in [3.05, 3.63) is 58.5 Å². The van der Waals surface area contributed by atoms with E-state index in [9.17, 15) is 14.4 Å². The third kappa shape index (κ3) is 4.40. The highest BCUT2D eigenvalue weighted by Gasteiger charge is 2.15. The molecule has 9 nitrogen and oxygen atoms in total. The van der Waals surface area contributed by atoms with Crippen molar-refractivity contribution < 1.29 is 23.8 Å². The lowest BCUT2D eigenvalue weighted by Gasteiger charge is -2.11. The molecule has 2 aromatic carbocycles. The van der Waals surface area contributed by atoms with Gasteiger partial charge in [0.2, 0.25) is 0 Å². The normalized spacial score (nSPS) is 12.8. The van der Waals surface area contributed by atoms with Crippen LogP contribution in [-0.2, 0) is 20.7 Å². The van der Waals surface area contributed by atoms with Crippen LogP contribution in [0.5, 0.6) is 11.5 Å². The number of rotatable bonds is 5. The Labute approximate surface area is 171 Å². The van der Waals surface area contributed by atoms with Crippen LogP contribution < -0.4 is 20.3 Å². The molecule has 4 rings (SSSR count). The molecule has 1 aliphatic rings. The monoisotopic (exact) mass is 409 g/mol. The summed E-state index contributed by atoms with van der Waals surface area (Å²) in [6.07, 6.45) is 0.611. The second-order valence-electron chi connectivity index (χ2n) is 6.64. The van der Waals surface area contributed by atoms with Crippen LogP contribution in [-0.4, -0.2) is 41.9 Å². The van der Waals surface area contributed by atoms with Crippen molar-refractivity contribution in [1.29, 1.82) is 0 Å². The van der Waals surface area contributed by atoms with E-state index in [1.165, 1.54) is 0 Å². The first-order valence-corrected chi connectivity index (χ1v) is 9.41. The zero-order chi connectivity index (χ0) is 20.9. The molecule has 3 aromatic rings. The van der Waals surface area contributed by atoms with E-state index in [4.69, 9.17) is 14.2 Å². The average Bonchev–Trinajstić information content (AvgIpc) is 2.99. The molecule has 1 amide bonds. The molecule has 0 fully saturated rings. The van der Waals surface area contributed by atoms with Gasteiger partial charge in [-0.1, -0.05) is 18.2 Å². The first kappa shape index (κ1) is 19.4. The van der Waals surface area contributed by atoms with E-state index in [1.54, 1.807) is 42.5 Å². The van der Waals surface area contributed by atoms with Crippen molar-refractivity contribution in [2.24, 2.45) is 0 Å². The number of amides is 1. The smallest absolute Gasteiger partial charge is 0.312 e. The van der Waals surface area contributed by atoms with E-state index in [2.05, 4.69) is 15.5 Å². The minimum absolute atomic E-state index is 0.172. The lowest BCUT2D eigenvalue weighted by atomic mass is 10.1. The number of fused-ring (bicyclic) bond motifs is 2. The highest BCUT2D eigenvalue weighted by Crippen LogP contribution is 2.32. The van der Waals surface area contributed by atoms with Gasteiger partial charge >= 0.3 is 5.97 Å². The van der Waals surface area contributed by atoms with Gasteiger partial charge in [-0.15, -0.1) is 0 Å². The standard InChI is InChI=1S/C21H19N3O6/c25-19(22-13-6-7-17-18(10-13)29-9-3-8-28-17)12-30-20(26)11-16-14-4-1-2-5-15(14)21(27)24-23-16/h1-2,4-7,10H,3,8-9,11-12H2,(H,22,25)(H,24,27). The van der Waals surface area contributed by atoms with Gasteiger partial charge in [0.15, 0.2) is 18.1 Å². The highest BCUT2D eigenvalue weighted by atomic mass is 16.5. The van der Waals surface area contributed by atoms with Crippen LogP contribution in [0.3, 0.4) is 0 Å². The fourth-order valence-electron chi connectivity index (χ4n) is 3.08. The summed E-state index contributed by atoms with van der Waals surface area (Å²) < 4.78 is 16.2. The summed E-state index contributed by atoms with van der Waals surface area (Å²) >= 11 is 0. The van der Waals surface area contributed by atoms with Crippen molar-refractivity contribution in [3.8, 4) is 11.5 Å². The summed E-state index contributed by atoms with van der Waals surface area (Å²) in [5.41, 5.74) is 0.546. The number of nitrogens with zero attached hydrogens (tertiary/aromatic N) is 1. The van der Waals surface area contributed by atoms with Crippen LogP contribution in [0.2, 0.25) is 0 Å². The van der Waals surface area contributed by atoms with E-state index < -0.39 is 18.5 Å². The Morgan fingerprint density at radius 1 is 1.07 bits per heavy atom. The van der Waals surface area contributed by atoms with Crippen molar-refractivity contribution in [2.45, 2.75) is 12.8 Å². The van der Waals surface area contributed by atoms with Crippen LogP contribution in [0.1, 0.15) is 12.1 Å². The predicted octanol–water partition coefficient (Wildman–Crippen LogP) is 1.81. The second kappa shape index (κ2) is 8.64. The number of carbonyl (C=O) groups is 2. The first-order valence-electron chi connectivity index (χ1n) is 9.41. The summed E-state index contributed by atoms with van der Waals surface area (Å²) in [7, 11) is 0. The minimum atomic E-state index is -0.631. The number of aromatic nitrogens is 2. The number of H-pyrrole nitrogens is 1. The number of nitrogens with one attached hydrogen (secondary N) is 2. The molecule has 30 heavy (non-hydrogen) atoms. The number of anilines is 1. The maximum atomic E-state index is 12.2. The van der Waals surface area contributed by atoms with Crippen LogP contribution in [0.25, 0.3) is 10.8 Å². The zero-order valence-electron chi connectivity index (χ0n) is 16.0. The predicted molar refractivity (Wildman–Crippen MR) is 108 cm³/mol.